The maximum atomic E-state index is 11.3. The van der Waals surface area contributed by atoms with Gasteiger partial charge in [0.1, 0.15) is 0 Å². The second-order valence-electron chi connectivity index (χ2n) is 15.2. The SMILES string of the molecule is CC1(C)CC2=C3CC[C@@H]4[C@@]5(C)CC[C@H](O)C(C)(C)[C@@H]5CC[C@@]4(C)[C@]3(C)CC[C@@]2(C)[C@H](O)C1. The number of hydrogen-bond acceptors (Lipinski definition) is 2. The highest BCUT2D eigenvalue weighted by atomic mass is 16.3. The average Bonchev–Trinajstić information content (AvgIpc) is 2.67. The van der Waals surface area contributed by atoms with Crippen molar-refractivity contribution >= 4 is 0 Å². The van der Waals surface area contributed by atoms with Crippen LogP contribution in [0.1, 0.15) is 120 Å². The molecule has 0 amide bonds. The van der Waals surface area contributed by atoms with Gasteiger partial charge in [0.25, 0.3) is 0 Å². The first-order chi connectivity index (χ1) is 14.6. The summed E-state index contributed by atoms with van der Waals surface area (Å²) in [5.41, 5.74) is 4.54. The van der Waals surface area contributed by atoms with Gasteiger partial charge in [-0.15, -0.1) is 0 Å². The summed E-state index contributed by atoms with van der Waals surface area (Å²) in [6.07, 6.45) is 11.4. The number of hydrogen-bond donors (Lipinski definition) is 2. The van der Waals surface area contributed by atoms with Gasteiger partial charge in [-0.25, -0.2) is 0 Å². The molecule has 0 bridgehead atoms. The van der Waals surface area contributed by atoms with E-state index in [1.807, 2.05) is 0 Å². The molecule has 0 aromatic rings. The van der Waals surface area contributed by atoms with Gasteiger partial charge in [-0.2, -0.15) is 0 Å². The van der Waals surface area contributed by atoms with Gasteiger partial charge in [0.2, 0.25) is 0 Å². The fourth-order valence-electron chi connectivity index (χ4n) is 10.7. The second-order valence-corrected chi connectivity index (χ2v) is 15.2. The van der Waals surface area contributed by atoms with Crippen molar-refractivity contribution in [1.29, 1.82) is 0 Å². The number of aliphatic hydroxyl groups excluding tert-OH is 2. The molecule has 0 heterocycles. The Hall–Kier alpha value is -0.340. The third-order valence-corrected chi connectivity index (χ3v) is 13.0. The highest BCUT2D eigenvalue weighted by Crippen LogP contribution is 2.75. The number of rotatable bonds is 0. The summed E-state index contributed by atoms with van der Waals surface area (Å²) < 4.78 is 0. The third kappa shape index (κ3) is 2.72. The highest BCUT2D eigenvalue weighted by Gasteiger charge is 2.67. The van der Waals surface area contributed by atoms with Crippen LogP contribution in [0.3, 0.4) is 0 Å². The summed E-state index contributed by atoms with van der Waals surface area (Å²) >= 11 is 0. The number of fused-ring (bicyclic) bond motifs is 6. The molecule has 32 heavy (non-hydrogen) atoms. The van der Waals surface area contributed by atoms with Gasteiger partial charge < -0.3 is 10.2 Å². The Labute approximate surface area is 197 Å². The van der Waals surface area contributed by atoms with E-state index in [0.717, 1.165) is 25.2 Å². The molecular weight excluding hydrogens is 392 g/mol. The normalized spacial score (nSPS) is 54.2. The Morgan fingerprint density at radius 1 is 0.688 bits per heavy atom. The minimum absolute atomic E-state index is 0.00833. The largest absolute Gasteiger partial charge is 0.393 e. The lowest BCUT2D eigenvalue weighted by molar-refractivity contribution is -0.205. The van der Waals surface area contributed by atoms with E-state index < -0.39 is 0 Å². The maximum absolute atomic E-state index is 11.3. The molecule has 2 N–H and O–H groups in total. The Balaban J connectivity index is 1.60. The summed E-state index contributed by atoms with van der Waals surface area (Å²) in [5, 5.41) is 22.2. The van der Waals surface area contributed by atoms with Crippen LogP contribution in [0.2, 0.25) is 0 Å². The number of aliphatic hydroxyl groups is 2. The summed E-state index contributed by atoms with van der Waals surface area (Å²) in [4.78, 5) is 0. The van der Waals surface area contributed by atoms with Crippen LogP contribution in [0.5, 0.6) is 0 Å². The average molecular weight is 443 g/mol. The Kier molecular flexibility index (Phi) is 4.87. The van der Waals surface area contributed by atoms with Crippen molar-refractivity contribution in [2.45, 2.75) is 132 Å². The van der Waals surface area contributed by atoms with Crippen LogP contribution >= 0.6 is 0 Å². The summed E-state index contributed by atoms with van der Waals surface area (Å²) in [7, 11) is 0. The summed E-state index contributed by atoms with van der Waals surface area (Å²) in [5.74, 6) is 1.36. The van der Waals surface area contributed by atoms with E-state index in [0.29, 0.717) is 16.7 Å². The molecule has 8 atom stereocenters. The smallest absolute Gasteiger partial charge is 0.0636 e. The minimum Gasteiger partial charge on any atom is -0.393 e. The van der Waals surface area contributed by atoms with Gasteiger partial charge in [0, 0.05) is 5.41 Å². The molecule has 4 fully saturated rings. The van der Waals surface area contributed by atoms with Crippen LogP contribution in [-0.2, 0) is 0 Å². The molecule has 4 saturated carbocycles. The van der Waals surface area contributed by atoms with Crippen molar-refractivity contribution in [3.8, 4) is 0 Å². The summed E-state index contributed by atoms with van der Waals surface area (Å²) in [6.45, 7) is 19.7. The van der Waals surface area contributed by atoms with E-state index in [4.69, 9.17) is 0 Å². The fourth-order valence-corrected chi connectivity index (χ4v) is 10.7. The zero-order valence-electron chi connectivity index (χ0n) is 22.3. The van der Waals surface area contributed by atoms with Crippen LogP contribution in [0.25, 0.3) is 0 Å². The lowest BCUT2D eigenvalue weighted by atomic mass is 9.34. The molecule has 5 aliphatic carbocycles. The Morgan fingerprint density at radius 2 is 1.38 bits per heavy atom. The lowest BCUT2D eigenvalue weighted by Crippen LogP contribution is -2.64. The molecule has 0 aromatic carbocycles. The molecule has 0 spiro atoms. The van der Waals surface area contributed by atoms with Gasteiger partial charge in [-0.1, -0.05) is 66.5 Å². The predicted molar refractivity (Wildman–Crippen MR) is 132 cm³/mol. The Bertz CT molecular complexity index is 838. The van der Waals surface area contributed by atoms with Crippen LogP contribution in [-0.4, -0.2) is 22.4 Å². The van der Waals surface area contributed by atoms with Gasteiger partial charge in [0.05, 0.1) is 12.2 Å². The quantitative estimate of drug-likeness (QED) is 0.387. The van der Waals surface area contributed by atoms with E-state index in [1.165, 1.54) is 44.9 Å². The van der Waals surface area contributed by atoms with Gasteiger partial charge in [-0.3, -0.25) is 0 Å². The van der Waals surface area contributed by atoms with Gasteiger partial charge >= 0.3 is 0 Å². The van der Waals surface area contributed by atoms with E-state index in [2.05, 4.69) is 55.4 Å². The predicted octanol–water partition coefficient (Wildman–Crippen LogP) is 7.28. The van der Waals surface area contributed by atoms with E-state index in [9.17, 15) is 10.2 Å². The summed E-state index contributed by atoms with van der Waals surface area (Å²) in [6, 6.07) is 0. The van der Waals surface area contributed by atoms with Crippen molar-refractivity contribution in [2.75, 3.05) is 0 Å². The van der Waals surface area contributed by atoms with Gasteiger partial charge in [0.15, 0.2) is 0 Å². The van der Waals surface area contributed by atoms with Crippen molar-refractivity contribution < 1.29 is 10.2 Å². The molecule has 2 nitrogen and oxygen atoms in total. The van der Waals surface area contributed by atoms with E-state index in [-0.39, 0.29) is 33.9 Å². The molecule has 5 aliphatic rings. The molecule has 0 saturated heterocycles. The molecule has 0 radical (unpaired) electrons. The van der Waals surface area contributed by atoms with Crippen LogP contribution in [0, 0.1) is 44.3 Å². The topological polar surface area (TPSA) is 40.5 Å². The first-order valence-corrected chi connectivity index (χ1v) is 13.7. The molecule has 5 rings (SSSR count). The lowest BCUT2D eigenvalue weighted by Gasteiger charge is -2.71. The zero-order chi connectivity index (χ0) is 23.5. The molecular formula is C30H50O2. The molecule has 0 aromatic heterocycles. The monoisotopic (exact) mass is 442 g/mol. The van der Waals surface area contributed by atoms with Crippen LogP contribution in [0.4, 0.5) is 0 Å². The first kappa shape index (κ1) is 23.4. The Morgan fingerprint density at radius 3 is 2.06 bits per heavy atom. The first-order valence-electron chi connectivity index (χ1n) is 13.7. The standard InChI is InChI=1S/C30H50O2/c1-25(2)17-20-19-9-10-22-28(6)13-12-23(31)26(3,4)21(28)11-14-30(22,8)29(19,7)16-15-27(20,5)24(32)18-25/h21-24,31-32H,9-18H2,1-8H3/t21-,22+,23-,24+,27+,28-,29+,30+/m0/s1. The van der Waals surface area contributed by atoms with Crippen molar-refractivity contribution in [3.05, 3.63) is 11.1 Å². The van der Waals surface area contributed by atoms with Gasteiger partial charge in [-0.05, 0) is 103 Å². The van der Waals surface area contributed by atoms with Crippen molar-refractivity contribution in [2.24, 2.45) is 44.3 Å². The molecule has 182 valence electrons. The van der Waals surface area contributed by atoms with Crippen molar-refractivity contribution in [1.82, 2.24) is 0 Å². The minimum atomic E-state index is -0.197. The molecule has 2 heteroatoms. The highest BCUT2D eigenvalue weighted by molar-refractivity contribution is 5.39. The second kappa shape index (κ2) is 6.66. The third-order valence-electron chi connectivity index (χ3n) is 13.0. The maximum Gasteiger partial charge on any atom is 0.0636 e. The van der Waals surface area contributed by atoms with E-state index >= 15 is 0 Å². The van der Waals surface area contributed by atoms with Crippen LogP contribution in [0.15, 0.2) is 11.1 Å². The fraction of sp³-hybridized carbons (Fsp3) is 0.933. The molecule has 0 unspecified atom stereocenters. The van der Waals surface area contributed by atoms with Crippen LogP contribution < -0.4 is 0 Å². The zero-order valence-corrected chi connectivity index (χ0v) is 22.3. The number of allylic oxidation sites excluding steroid dienone is 1. The van der Waals surface area contributed by atoms with Crippen molar-refractivity contribution in [3.63, 3.8) is 0 Å². The van der Waals surface area contributed by atoms with E-state index in [1.54, 1.807) is 11.1 Å². The molecule has 0 aliphatic heterocycles.